The van der Waals surface area contributed by atoms with Crippen molar-refractivity contribution in [1.29, 1.82) is 0 Å². The van der Waals surface area contributed by atoms with E-state index in [1.807, 2.05) is 42.5 Å². The van der Waals surface area contributed by atoms with E-state index in [0.29, 0.717) is 33.3 Å². The summed E-state index contributed by atoms with van der Waals surface area (Å²) in [6, 6.07) is 44.2. The van der Waals surface area contributed by atoms with Gasteiger partial charge < -0.3 is 46.3 Å². The summed E-state index contributed by atoms with van der Waals surface area (Å²) in [6.45, 7) is 2.79. The number of carbonyl (C=O) groups excluding carboxylic acids is 2. The summed E-state index contributed by atoms with van der Waals surface area (Å²) >= 11 is 0. The normalized spacial score (nSPS) is 18.9. The van der Waals surface area contributed by atoms with Crippen LogP contribution in [0.1, 0.15) is 40.7 Å². The standard InChI is InChI=1S/C30H32NO5.C14H12O3.BrH/c32-28(35-22-23-10-4-1-5-11-23)21-31-18-16-24(17-19-31)27(20-31)36-29(33)30(34,25-12-6-2-7-13-25)26-14-8-3-9-15-26;15-13(16)14(17,11-7-3-1-4-8-11)12-9-5-2-6-10-12;/h1-15,24,27,34H,16-22H2;1-10,17H,(H,15,16);1H/q+1;;/p-1/t24?,27-,31?;;/m0../s1. The highest BCUT2D eigenvalue weighted by Gasteiger charge is 2.51. The molecule has 3 N–H and O–H groups in total. The summed E-state index contributed by atoms with van der Waals surface area (Å²) in [5.74, 6) is -1.97. The van der Waals surface area contributed by atoms with Gasteiger partial charge in [-0.3, -0.25) is 0 Å². The van der Waals surface area contributed by atoms with Crippen LogP contribution in [0.3, 0.4) is 0 Å². The van der Waals surface area contributed by atoms with E-state index < -0.39 is 23.1 Å². The van der Waals surface area contributed by atoms with E-state index in [-0.39, 0.29) is 48.1 Å². The monoisotopic (exact) mass is 793 g/mol. The first kappa shape index (κ1) is 40.1. The summed E-state index contributed by atoms with van der Waals surface area (Å²) in [4.78, 5) is 37.7. The molecule has 0 radical (unpaired) electrons. The van der Waals surface area contributed by atoms with Crippen molar-refractivity contribution in [2.75, 3.05) is 26.2 Å². The van der Waals surface area contributed by atoms with Crippen molar-refractivity contribution in [2.45, 2.75) is 36.8 Å². The highest BCUT2D eigenvalue weighted by Crippen LogP contribution is 2.38. The highest BCUT2D eigenvalue weighted by atomic mass is 79.9. The van der Waals surface area contributed by atoms with E-state index in [9.17, 15) is 29.7 Å². The Hall–Kier alpha value is -5.13. The van der Waals surface area contributed by atoms with E-state index in [4.69, 9.17) is 9.47 Å². The maximum atomic E-state index is 13.6. The van der Waals surface area contributed by atoms with Gasteiger partial charge in [0, 0.05) is 18.8 Å². The number of ether oxygens (including phenoxy) is 2. The van der Waals surface area contributed by atoms with E-state index in [0.717, 1.165) is 31.5 Å². The maximum absolute atomic E-state index is 13.6. The molecule has 3 fully saturated rings. The second kappa shape index (κ2) is 17.8. The zero-order chi connectivity index (χ0) is 37.3. The number of halogens is 1. The molecule has 10 heteroatoms. The summed E-state index contributed by atoms with van der Waals surface area (Å²) in [5, 5.41) is 31.5. The quantitative estimate of drug-likeness (QED) is 0.138. The molecule has 3 aliphatic heterocycles. The third kappa shape index (κ3) is 8.80. The molecule has 0 unspecified atom stereocenters. The van der Waals surface area contributed by atoms with E-state index in [1.54, 1.807) is 109 Å². The Balaban J connectivity index is 0.000000262. The van der Waals surface area contributed by atoms with Crippen LogP contribution < -0.4 is 17.0 Å². The molecule has 54 heavy (non-hydrogen) atoms. The molecule has 0 saturated carbocycles. The summed E-state index contributed by atoms with van der Waals surface area (Å²) in [6.07, 6.45) is 1.39. The predicted octanol–water partition coefficient (Wildman–Crippen LogP) is 2.83. The fraction of sp³-hybridized carbons (Fsp3) is 0.250. The second-order valence-corrected chi connectivity index (χ2v) is 13.7. The smallest absolute Gasteiger partial charge is 0.362 e. The lowest BCUT2D eigenvalue weighted by Crippen LogP contribution is -3.00. The second-order valence-electron chi connectivity index (χ2n) is 13.7. The molecular weight excluding hydrogens is 750 g/mol. The highest BCUT2D eigenvalue weighted by molar-refractivity contribution is 5.85. The van der Waals surface area contributed by atoms with Gasteiger partial charge in [0.05, 0.1) is 13.1 Å². The van der Waals surface area contributed by atoms with Gasteiger partial charge >= 0.3 is 17.9 Å². The van der Waals surface area contributed by atoms with Crippen molar-refractivity contribution in [3.8, 4) is 0 Å². The molecule has 1 atom stereocenters. The van der Waals surface area contributed by atoms with Crippen LogP contribution in [-0.2, 0) is 41.7 Å². The van der Waals surface area contributed by atoms with Crippen LogP contribution in [0.25, 0.3) is 0 Å². The molecule has 2 bridgehead atoms. The van der Waals surface area contributed by atoms with Gasteiger partial charge in [0.25, 0.3) is 0 Å². The Morgan fingerprint density at radius 3 is 1.41 bits per heavy atom. The van der Waals surface area contributed by atoms with E-state index >= 15 is 0 Å². The van der Waals surface area contributed by atoms with Crippen molar-refractivity contribution < 1.29 is 60.6 Å². The molecule has 0 aromatic heterocycles. The van der Waals surface area contributed by atoms with Crippen molar-refractivity contribution >= 4 is 17.9 Å². The SMILES string of the molecule is O=C(C[N+]12CCC(CC1)[C@@H](OC(=O)C(O)(c1ccccc1)c1ccccc1)C2)OCc1ccccc1.O=C(O)C(O)(c1ccccc1)c1ccccc1.[Br-]. The van der Waals surface area contributed by atoms with Crippen LogP contribution >= 0.6 is 0 Å². The lowest BCUT2D eigenvalue weighted by molar-refractivity contribution is -0.939. The lowest BCUT2D eigenvalue weighted by atomic mass is 9.82. The zero-order valence-corrected chi connectivity index (χ0v) is 31.3. The minimum Gasteiger partial charge on any atom is -1.00 e. The number of aliphatic hydroxyl groups is 2. The fourth-order valence-corrected chi connectivity index (χ4v) is 7.39. The lowest BCUT2D eigenvalue weighted by Gasteiger charge is -2.51. The number of esters is 2. The number of carbonyl (C=O) groups is 3. The van der Waals surface area contributed by atoms with E-state index in [1.165, 1.54) is 0 Å². The van der Waals surface area contributed by atoms with Crippen LogP contribution in [0.2, 0.25) is 0 Å². The number of nitrogens with zero attached hydrogens (tertiary/aromatic N) is 1. The number of rotatable bonds is 11. The van der Waals surface area contributed by atoms with Crippen molar-refractivity contribution in [1.82, 2.24) is 0 Å². The molecule has 8 rings (SSSR count). The van der Waals surface area contributed by atoms with Crippen LogP contribution in [0.4, 0.5) is 0 Å². The zero-order valence-electron chi connectivity index (χ0n) is 29.7. The Bertz CT molecular complexity index is 1880. The van der Waals surface area contributed by atoms with Crippen molar-refractivity contribution in [3.63, 3.8) is 0 Å². The molecule has 5 aromatic carbocycles. The van der Waals surface area contributed by atoms with Crippen LogP contribution in [0.5, 0.6) is 0 Å². The Kier molecular flexibility index (Phi) is 13.2. The van der Waals surface area contributed by atoms with Gasteiger partial charge in [0.1, 0.15) is 13.2 Å². The van der Waals surface area contributed by atoms with Crippen LogP contribution in [0.15, 0.2) is 152 Å². The number of fused-ring (bicyclic) bond motifs is 3. The molecule has 9 nitrogen and oxygen atoms in total. The molecule has 3 aliphatic rings. The van der Waals surface area contributed by atoms with Gasteiger partial charge in [-0.25, -0.2) is 14.4 Å². The van der Waals surface area contributed by atoms with Gasteiger partial charge in [-0.1, -0.05) is 152 Å². The first-order valence-electron chi connectivity index (χ1n) is 17.8. The van der Waals surface area contributed by atoms with Gasteiger partial charge in [-0.05, 0) is 27.8 Å². The minimum absolute atomic E-state index is 0. The third-order valence-corrected chi connectivity index (χ3v) is 10.4. The molecule has 0 aliphatic carbocycles. The molecule has 0 spiro atoms. The van der Waals surface area contributed by atoms with Crippen molar-refractivity contribution in [3.05, 3.63) is 179 Å². The largest absolute Gasteiger partial charge is 1.00 e. The number of aliphatic carboxylic acids is 1. The van der Waals surface area contributed by atoms with Gasteiger partial charge in [0.15, 0.2) is 12.6 Å². The summed E-state index contributed by atoms with van der Waals surface area (Å²) < 4.78 is 12.2. The first-order chi connectivity index (χ1) is 25.6. The number of carboxylic acid groups (broad SMARTS) is 1. The van der Waals surface area contributed by atoms with Gasteiger partial charge in [-0.2, -0.15) is 0 Å². The Morgan fingerprint density at radius 1 is 0.611 bits per heavy atom. The van der Waals surface area contributed by atoms with Crippen LogP contribution in [-0.4, -0.2) is 70.0 Å². The number of benzene rings is 5. The summed E-state index contributed by atoms with van der Waals surface area (Å²) in [7, 11) is 0. The van der Waals surface area contributed by atoms with Crippen LogP contribution in [0, 0.1) is 5.92 Å². The fourth-order valence-electron chi connectivity index (χ4n) is 7.39. The van der Waals surface area contributed by atoms with E-state index in [2.05, 4.69) is 0 Å². The predicted molar refractivity (Wildman–Crippen MR) is 198 cm³/mol. The molecular formula is C44H44BrNO8. The molecule has 280 valence electrons. The number of carboxylic acids is 1. The van der Waals surface area contributed by atoms with Crippen molar-refractivity contribution in [2.24, 2.45) is 5.92 Å². The third-order valence-electron chi connectivity index (χ3n) is 10.4. The molecule has 3 heterocycles. The van der Waals surface area contributed by atoms with Gasteiger partial charge in [-0.15, -0.1) is 0 Å². The molecule has 0 amide bonds. The Labute approximate surface area is 325 Å². The average Bonchev–Trinajstić information content (AvgIpc) is 3.21. The molecule has 5 aromatic rings. The average molecular weight is 795 g/mol. The van der Waals surface area contributed by atoms with Gasteiger partial charge in [0.2, 0.25) is 11.2 Å². The number of piperidine rings is 3. The number of hydrogen-bond acceptors (Lipinski definition) is 7. The summed E-state index contributed by atoms with van der Waals surface area (Å²) in [5.41, 5.74) is -1.32. The number of hydrogen-bond donors (Lipinski definition) is 3. The Morgan fingerprint density at radius 2 is 1.00 bits per heavy atom. The topological polar surface area (TPSA) is 130 Å². The first-order valence-corrected chi connectivity index (χ1v) is 17.8. The molecule has 3 saturated heterocycles. The maximum Gasteiger partial charge on any atom is 0.362 e. The number of quaternary nitrogens is 1. The minimum atomic E-state index is -2.00.